The summed E-state index contributed by atoms with van der Waals surface area (Å²) in [6.07, 6.45) is -0.289. The molecular formula is C31H45N7O9. The second-order valence-corrected chi connectivity index (χ2v) is 11.4. The molecule has 0 saturated carbocycles. The van der Waals surface area contributed by atoms with Crippen molar-refractivity contribution in [3.05, 3.63) is 35.9 Å². The van der Waals surface area contributed by atoms with Crippen LogP contribution in [0.5, 0.6) is 0 Å². The smallest absolute Gasteiger partial charge is 0.243 e. The van der Waals surface area contributed by atoms with E-state index in [0.29, 0.717) is 4.90 Å². The number of nitrogens with zero attached hydrogens (tertiary/aromatic N) is 1. The molecule has 1 aromatic rings. The van der Waals surface area contributed by atoms with E-state index in [1.54, 1.807) is 44.2 Å². The summed E-state index contributed by atoms with van der Waals surface area (Å²) in [5.41, 5.74) is 0.749. The summed E-state index contributed by atoms with van der Waals surface area (Å²) in [5.74, 6) is -4.88. The third-order valence-corrected chi connectivity index (χ3v) is 6.71. The molecule has 2 rings (SSSR count). The van der Waals surface area contributed by atoms with Crippen LogP contribution in [0.25, 0.3) is 0 Å². The maximum atomic E-state index is 12.9. The molecule has 1 fully saturated rings. The van der Waals surface area contributed by atoms with Gasteiger partial charge in [0.2, 0.25) is 47.3 Å². The van der Waals surface area contributed by atoms with E-state index >= 15 is 0 Å². The third kappa shape index (κ3) is 14.5. The maximum absolute atomic E-state index is 12.9. The molecule has 0 aromatic heterocycles. The molecule has 258 valence electrons. The van der Waals surface area contributed by atoms with Crippen molar-refractivity contribution in [2.75, 3.05) is 26.4 Å². The fourth-order valence-electron chi connectivity index (χ4n) is 4.41. The van der Waals surface area contributed by atoms with E-state index < -0.39 is 72.4 Å². The van der Waals surface area contributed by atoms with Crippen LogP contribution in [0, 0.1) is 0 Å². The molecule has 16 nitrogen and oxygen atoms in total. The first-order valence-electron chi connectivity index (χ1n) is 15.4. The zero-order valence-electron chi connectivity index (χ0n) is 27.2. The van der Waals surface area contributed by atoms with Gasteiger partial charge in [0, 0.05) is 31.7 Å². The molecule has 2 atom stereocenters. The number of hydrogen-bond donors (Lipinski definition) is 6. The lowest BCUT2D eigenvalue weighted by molar-refractivity contribution is -0.149. The molecule has 16 heteroatoms. The van der Waals surface area contributed by atoms with Crippen LogP contribution < -0.4 is 31.9 Å². The summed E-state index contributed by atoms with van der Waals surface area (Å²) in [6.45, 7) is 5.84. The van der Waals surface area contributed by atoms with E-state index in [9.17, 15) is 38.4 Å². The van der Waals surface area contributed by atoms with Crippen molar-refractivity contribution in [1.29, 1.82) is 0 Å². The van der Waals surface area contributed by atoms with Crippen molar-refractivity contribution >= 4 is 47.3 Å². The number of carbonyl (C=O) groups excluding carboxylic acids is 8. The molecule has 0 aliphatic carbocycles. The molecule has 0 bridgehead atoms. The molecule has 2 unspecified atom stereocenters. The van der Waals surface area contributed by atoms with Crippen LogP contribution in [0.4, 0.5) is 0 Å². The highest BCUT2D eigenvalue weighted by Crippen LogP contribution is 2.14. The number of rotatable bonds is 19. The SMILES string of the molecule is CC(C)NC(CCC(=O)N1C(=O)CCC1=O)C(=O)NCC(=O)NCC(=O)NC(Cc1ccccc1)C(=O)NCC(=O)NCOC(C)C. The minimum Gasteiger partial charge on any atom is -0.359 e. The number of imide groups is 3. The minimum atomic E-state index is -1.06. The zero-order valence-corrected chi connectivity index (χ0v) is 27.2. The number of nitrogens with one attached hydrogen (secondary N) is 6. The number of amides is 8. The van der Waals surface area contributed by atoms with E-state index in [1.165, 1.54) is 0 Å². The lowest BCUT2D eigenvalue weighted by Gasteiger charge is -2.21. The van der Waals surface area contributed by atoms with Crippen molar-refractivity contribution in [3.63, 3.8) is 0 Å². The van der Waals surface area contributed by atoms with Crippen LogP contribution in [0.2, 0.25) is 0 Å². The number of ether oxygens (including phenoxy) is 1. The van der Waals surface area contributed by atoms with Crippen molar-refractivity contribution in [3.8, 4) is 0 Å². The Labute approximate surface area is 273 Å². The predicted molar refractivity (Wildman–Crippen MR) is 168 cm³/mol. The first kappa shape index (κ1) is 38.5. The molecular weight excluding hydrogens is 614 g/mol. The molecule has 1 heterocycles. The Hall–Kier alpha value is -4.70. The second kappa shape index (κ2) is 19.7. The number of hydrogen-bond acceptors (Lipinski definition) is 10. The number of carbonyl (C=O) groups is 8. The van der Waals surface area contributed by atoms with Gasteiger partial charge >= 0.3 is 0 Å². The van der Waals surface area contributed by atoms with Gasteiger partial charge in [-0.25, -0.2) is 4.90 Å². The molecule has 0 spiro atoms. The van der Waals surface area contributed by atoms with Gasteiger partial charge < -0.3 is 36.6 Å². The monoisotopic (exact) mass is 659 g/mol. The van der Waals surface area contributed by atoms with Gasteiger partial charge in [-0.3, -0.25) is 38.4 Å². The minimum absolute atomic E-state index is 0.0195. The van der Waals surface area contributed by atoms with Gasteiger partial charge in [0.05, 0.1) is 31.8 Å². The first-order valence-corrected chi connectivity index (χ1v) is 15.4. The average Bonchev–Trinajstić information content (AvgIpc) is 3.36. The molecule has 47 heavy (non-hydrogen) atoms. The number of benzene rings is 1. The summed E-state index contributed by atoms with van der Waals surface area (Å²) in [6, 6.07) is 6.78. The lowest BCUT2D eigenvalue weighted by atomic mass is 10.1. The Balaban J connectivity index is 1.86. The topological polar surface area (TPSA) is 221 Å². The zero-order chi connectivity index (χ0) is 34.9. The Morgan fingerprint density at radius 3 is 1.87 bits per heavy atom. The van der Waals surface area contributed by atoms with Crippen LogP contribution in [-0.2, 0) is 49.5 Å². The summed E-state index contributed by atoms with van der Waals surface area (Å²) in [7, 11) is 0. The highest BCUT2D eigenvalue weighted by molar-refractivity contribution is 6.15. The fourth-order valence-corrected chi connectivity index (χ4v) is 4.41. The van der Waals surface area contributed by atoms with Gasteiger partial charge in [0.25, 0.3) is 0 Å². The lowest BCUT2D eigenvalue weighted by Crippen LogP contribution is -2.53. The van der Waals surface area contributed by atoms with Crippen molar-refractivity contribution < 1.29 is 43.1 Å². The van der Waals surface area contributed by atoms with Crippen LogP contribution in [0.1, 0.15) is 58.9 Å². The normalized spacial score (nSPS) is 14.0. The maximum Gasteiger partial charge on any atom is 0.243 e. The molecule has 6 N–H and O–H groups in total. The Morgan fingerprint density at radius 2 is 1.30 bits per heavy atom. The summed E-state index contributed by atoms with van der Waals surface area (Å²) in [4.78, 5) is 99.5. The fraction of sp³-hybridized carbons (Fsp3) is 0.548. The highest BCUT2D eigenvalue weighted by atomic mass is 16.5. The average molecular weight is 660 g/mol. The predicted octanol–water partition coefficient (Wildman–Crippen LogP) is -1.62. The Kier molecular flexibility index (Phi) is 16.2. The first-order chi connectivity index (χ1) is 22.3. The molecule has 1 saturated heterocycles. The van der Waals surface area contributed by atoms with E-state index in [2.05, 4.69) is 31.9 Å². The molecule has 0 radical (unpaired) electrons. The van der Waals surface area contributed by atoms with Crippen molar-refractivity contribution in [2.24, 2.45) is 0 Å². The van der Waals surface area contributed by atoms with Gasteiger partial charge in [-0.15, -0.1) is 0 Å². The van der Waals surface area contributed by atoms with Gasteiger partial charge in [-0.05, 0) is 25.8 Å². The molecule has 1 aromatic carbocycles. The van der Waals surface area contributed by atoms with E-state index in [4.69, 9.17) is 4.74 Å². The Bertz CT molecular complexity index is 1270. The van der Waals surface area contributed by atoms with Crippen molar-refractivity contribution in [2.45, 2.75) is 84.0 Å². The van der Waals surface area contributed by atoms with Crippen molar-refractivity contribution in [1.82, 2.24) is 36.8 Å². The van der Waals surface area contributed by atoms with Crippen LogP contribution in [0.15, 0.2) is 30.3 Å². The summed E-state index contributed by atoms with van der Waals surface area (Å²) >= 11 is 0. The molecule has 8 amide bonds. The van der Waals surface area contributed by atoms with Gasteiger partial charge in [-0.1, -0.05) is 44.2 Å². The Morgan fingerprint density at radius 1 is 0.745 bits per heavy atom. The highest BCUT2D eigenvalue weighted by Gasteiger charge is 2.34. The quantitative estimate of drug-likeness (QED) is 0.0736. The van der Waals surface area contributed by atoms with Crippen LogP contribution in [0.3, 0.4) is 0 Å². The van der Waals surface area contributed by atoms with E-state index in [-0.39, 0.29) is 57.5 Å². The van der Waals surface area contributed by atoms with Gasteiger partial charge in [0.1, 0.15) is 12.8 Å². The van der Waals surface area contributed by atoms with Gasteiger partial charge in [-0.2, -0.15) is 0 Å². The largest absolute Gasteiger partial charge is 0.359 e. The number of likely N-dealkylation sites (tertiary alicyclic amines) is 1. The van der Waals surface area contributed by atoms with E-state index in [0.717, 1.165) is 5.56 Å². The second-order valence-electron chi connectivity index (χ2n) is 11.4. The van der Waals surface area contributed by atoms with Crippen LogP contribution in [-0.4, -0.2) is 103 Å². The summed E-state index contributed by atoms with van der Waals surface area (Å²) < 4.78 is 5.25. The molecule has 1 aliphatic rings. The summed E-state index contributed by atoms with van der Waals surface area (Å²) in [5, 5.41) is 15.4. The van der Waals surface area contributed by atoms with E-state index in [1.807, 2.05) is 13.8 Å². The third-order valence-electron chi connectivity index (χ3n) is 6.71. The standard InChI is InChI=1S/C31H45N7O9/c1-19(2)36-22(10-11-27(42)38-28(43)12-13-29(38)44)30(45)33-15-24(39)32-17-26(41)37-23(14-21-8-6-5-7-9-21)31(46)34-16-25(40)35-18-47-20(3)4/h5-9,19-20,22-23,36H,10-18H2,1-4H3,(H,32,39)(H,33,45)(H,34,46)(H,35,40)(H,37,41). The van der Waals surface area contributed by atoms with Gasteiger partial charge in [0.15, 0.2) is 0 Å². The van der Waals surface area contributed by atoms with Crippen LogP contribution >= 0.6 is 0 Å². The molecule has 1 aliphatic heterocycles.